The number of nitrogens with zero attached hydrogens (tertiary/aromatic N) is 1. The lowest BCUT2D eigenvalue weighted by Gasteiger charge is -2.32. The van der Waals surface area contributed by atoms with Gasteiger partial charge in [-0.1, -0.05) is 6.07 Å². The predicted octanol–water partition coefficient (Wildman–Crippen LogP) is 0.364. The van der Waals surface area contributed by atoms with Crippen LogP contribution in [0.3, 0.4) is 0 Å². The van der Waals surface area contributed by atoms with Gasteiger partial charge in [-0.25, -0.2) is 4.39 Å². The number of halogens is 1. The van der Waals surface area contributed by atoms with E-state index in [4.69, 9.17) is 4.74 Å². The number of hydrogen-bond acceptors (Lipinski definition) is 4. The lowest BCUT2D eigenvalue weighted by molar-refractivity contribution is 0.0969. The van der Waals surface area contributed by atoms with Crippen LogP contribution in [-0.2, 0) is 11.3 Å². The highest BCUT2D eigenvalue weighted by atomic mass is 19.1. The van der Waals surface area contributed by atoms with Crippen molar-refractivity contribution in [3.05, 3.63) is 29.6 Å². The highest BCUT2D eigenvalue weighted by Gasteiger charge is 2.22. The molecule has 0 aromatic heterocycles. The number of methoxy groups -OCH3 is 1. The van der Waals surface area contributed by atoms with E-state index >= 15 is 0 Å². The predicted molar refractivity (Wildman–Crippen MR) is 76.1 cm³/mol. The molecule has 1 saturated heterocycles. The third-order valence-corrected chi connectivity index (χ3v) is 3.89. The van der Waals surface area contributed by atoms with Crippen LogP contribution in [0.5, 0.6) is 0 Å². The average Bonchev–Trinajstić information content (AvgIpc) is 2.43. The monoisotopic (exact) mass is 281 g/mol. The van der Waals surface area contributed by atoms with Gasteiger partial charge >= 0.3 is 7.12 Å². The molecule has 6 heteroatoms. The third-order valence-electron chi connectivity index (χ3n) is 3.89. The van der Waals surface area contributed by atoms with Gasteiger partial charge in [-0.2, -0.15) is 0 Å². The van der Waals surface area contributed by atoms with Crippen molar-refractivity contribution >= 4 is 12.6 Å². The molecule has 2 N–H and O–H groups in total. The van der Waals surface area contributed by atoms with Gasteiger partial charge in [-0.05, 0) is 55.0 Å². The molecule has 0 aliphatic carbocycles. The van der Waals surface area contributed by atoms with E-state index in [0.717, 1.165) is 38.1 Å². The third kappa shape index (κ3) is 4.02. The summed E-state index contributed by atoms with van der Waals surface area (Å²) in [5.74, 6) is 0.156. The zero-order valence-electron chi connectivity index (χ0n) is 11.8. The molecule has 2 rings (SSSR count). The summed E-state index contributed by atoms with van der Waals surface area (Å²) in [5, 5.41) is 18.6. The van der Waals surface area contributed by atoms with E-state index in [9.17, 15) is 14.4 Å². The Kier molecular flexibility index (Phi) is 5.54. The van der Waals surface area contributed by atoms with E-state index < -0.39 is 12.9 Å². The van der Waals surface area contributed by atoms with Crippen LogP contribution in [0.4, 0.5) is 4.39 Å². The van der Waals surface area contributed by atoms with Gasteiger partial charge < -0.3 is 14.8 Å². The summed E-state index contributed by atoms with van der Waals surface area (Å²) in [6, 6.07) is 4.18. The van der Waals surface area contributed by atoms with Crippen molar-refractivity contribution < 1.29 is 19.2 Å². The minimum Gasteiger partial charge on any atom is -0.423 e. The van der Waals surface area contributed by atoms with Crippen molar-refractivity contribution in [2.75, 3.05) is 26.8 Å². The number of rotatable bonds is 5. The van der Waals surface area contributed by atoms with Crippen molar-refractivity contribution in [2.24, 2.45) is 5.92 Å². The first-order chi connectivity index (χ1) is 9.60. The van der Waals surface area contributed by atoms with Gasteiger partial charge in [0, 0.05) is 20.3 Å². The van der Waals surface area contributed by atoms with Crippen molar-refractivity contribution in [3.63, 3.8) is 0 Å². The number of likely N-dealkylation sites (tertiary alicyclic amines) is 1. The maximum absolute atomic E-state index is 13.2. The number of piperidine rings is 1. The minimum absolute atomic E-state index is 0.254. The molecule has 110 valence electrons. The molecule has 20 heavy (non-hydrogen) atoms. The van der Waals surface area contributed by atoms with Gasteiger partial charge in [0.1, 0.15) is 5.82 Å². The molecule has 1 aromatic rings. The standard InChI is InChI=1S/C14H21BFNO3/c1-20-10-11-4-6-17(7-5-11)9-12-2-3-13(16)8-14(12)15(18)19/h2-3,8,11,18-19H,4-7,9-10H2,1H3. The Morgan fingerprint density at radius 1 is 1.35 bits per heavy atom. The summed E-state index contributed by atoms with van der Waals surface area (Å²) < 4.78 is 18.3. The van der Waals surface area contributed by atoms with E-state index in [1.165, 1.54) is 12.1 Å². The van der Waals surface area contributed by atoms with Crippen LogP contribution in [0.25, 0.3) is 0 Å². The highest BCUT2D eigenvalue weighted by molar-refractivity contribution is 6.59. The lowest BCUT2D eigenvalue weighted by Crippen LogP contribution is -2.39. The molecule has 0 amide bonds. The summed E-state index contributed by atoms with van der Waals surface area (Å²) in [5.41, 5.74) is 1.02. The second-order valence-corrected chi connectivity index (χ2v) is 5.39. The van der Waals surface area contributed by atoms with Gasteiger partial charge in [0.2, 0.25) is 0 Å². The molecular formula is C14H21BFNO3. The second kappa shape index (κ2) is 7.17. The summed E-state index contributed by atoms with van der Waals surface area (Å²) in [4.78, 5) is 2.26. The van der Waals surface area contributed by atoms with E-state index in [-0.39, 0.29) is 5.46 Å². The fourth-order valence-electron chi connectivity index (χ4n) is 2.74. The summed E-state index contributed by atoms with van der Waals surface area (Å²) in [6.07, 6.45) is 2.15. The van der Waals surface area contributed by atoms with Crippen molar-refractivity contribution in [1.29, 1.82) is 0 Å². The largest absolute Gasteiger partial charge is 0.488 e. The van der Waals surface area contributed by atoms with Crippen LogP contribution >= 0.6 is 0 Å². The Bertz CT molecular complexity index is 436. The Balaban J connectivity index is 1.97. The smallest absolute Gasteiger partial charge is 0.423 e. The summed E-state index contributed by atoms with van der Waals surface area (Å²) in [6.45, 7) is 3.32. The second-order valence-electron chi connectivity index (χ2n) is 5.39. The number of benzene rings is 1. The molecule has 1 fully saturated rings. The van der Waals surface area contributed by atoms with Gasteiger partial charge in [0.25, 0.3) is 0 Å². The first-order valence-corrected chi connectivity index (χ1v) is 6.96. The lowest BCUT2D eigenvalue weighted by atomic mass is 9.76. The summed E-state index contributed by atoms with van der Waals surface area (Å²) in [7, 11) is 0.0894. The Hall–Kier alpha value is -0.945. The molecule has 4 nitrogen and oxygen atoms in total. The van der Waals surface area contributed by atoms with Gasteiger partial charge in [-0.15, -0.1) is 0 Å². The maximum Gasteiger partial charge on any atom is 0.488 e. The first-order valence-electron chi connectivity index (χ1n) is 6.96. The molecule has 1 heterocycles. The minimum atomic E-state index is -1.63. The van der Waals surface area contributed by atoms with Gasteiger partial charge in [0.05, 0.1) is 0 Å². The van der Waals surface area contributed by atoms with E-state index in [1.807, 2.05) is 0 Å². The van der Waals surface area contributed by atoms with Crippen LogP contribution in [0.1, 0.15) is 18.4 Å². The van der Waals surface area contributed by atoms with Crippen LogP contribution in [0, 0.1) is 11.7 Å². The topological polar surface area (TPSA) is 52.9 Å². The normalized spacial score (nSPS) is 17.4. The Morgan fingerprint density at radius 2 is 2.05 bits per heavy atom. The molecule has 0 radical (unpaired) electrons. The van der Waals surface area contributed by atoms with Gasteiger partial charge in [0.15, 0.2) is 0 Å². The molecule has 1 aromatic carbocycles. The molecule has 0 saturated carbocycles. The van der Waals surface area contributed by atoms with Crippen LogP contribution < -0.4 is 5.46 Å². The SMILES string of the molecule is COCC1CCN(Cc2ccc(F)cc2B(O)O)CC1. The van der Waals surface area contributed by atoms with E-state index in [1.54, 1.807) is 13.2 Å². The molecule has 0 unspecified atom stereocenters. The Labute approximate surface area is 119 Å². The maximum atomic E-state index is 13.2. The van der Waals surface area contributed by atoms with Crippen LogP contribution in [0.15, 0.2) is 18.2 Å². The Morgan fingerprint density at radius 3 is 2.65 bits per heavy atom. The fraction of sp³-hybridized carbons (Fsp3) is 0.571. The van der Waals surface area contributed by atoms with Gasteiger partial charge in [-0.3, -0.25) is 4.90 Å². The van der Waals surface area contributed by atoms with Crippen molar-refractivity contribution in [2.45, 2.75) is 19.4 Å². The molecule has 0 atom stereocenters. The number of hydrogen-bond donors (Lipinski definition) is 2. The molecule has 0 spiro atoms. The van der Waals surface area contributed by atoms with Crippen LogP contribution in [-0.4, -0.2) is 48.9 Å². The van der Waals surface area contributed by atoms with Crippen molar-refractivity contribution in [1.82, 2.24) is 4.90 Å². The molecule has 1 aliphatic rings. The zero-order valence-corrected chi connectivity index (χ0v) is 11.8. The van der Waals surface area contributed by atoms with Crippen molar-refractivity contribution in [3.8, 4) is 0 Å². The molecular weight excluding hydrogens is 260 g/mol. The molecule has 0 bridgehead atoms. The fourth-order valence-corrected chi connectivity index (χ4v) is 2.74. The van der Waals surface area contributed by atoms with E-state index in [0.29, 0.717) is 12.5 Å². The molecule has 1 aliphatic heterocycles. The zero-order chi connectivity index (χ0) is 14.5. The van der Waals surface area contributed by atoms with Crippen LogP contribution in [0.2, 0.25) is 0 Å². The van der Waals surface area contributed by atoms with E-state index in [2.05, 4.69) is 4.90 Å². The first kappa shape index (κ1) is 15.4. The highest BCUT2D eigenvalue weighted by Crippen LogP contribution is 2.19. The summed E-state index contributed by atoms with van der Waals surface area (Å²) >= 11 is 0. The number of ether oxygens (including phenoxy) is 1. The average molecular weight is 281 g/mol. The quantitative estimate of drug-likeness (QED) is 0.765.